The second-order valence-electron chi connectivity index (χ2n) is 7.69. The van der Waals surface area contributed by atoms with Gasteiger partial charge in [0.2, 0.25) is 10.0 Å². The third-order valence-corrected chi connectivity index (χ3v) is 7.41. The number of nitro groups is 1. The van der Waals surface area contributed by atoms with Gasteiger partial charge in [-0.2, -0.15) is 4.31 Å². The van der Waals surface area contributed by atoms with Crippen LogP contribution in [0.2, 0.25) is 0 Å². The number of nitrogens with zero attached hydrogens (tertiary/aromatic N) is 4. The first-order valence-electron chi connectivity index (χ1n) is 10.5. The molecule has 3 N–H and O–H groups in total. The van der Waals surface area contributed by atoms with Gasteiger partial charge in [0, 0.05) is 36.8 Å². The Balaban J connectivity index is 1.48. The summed E-state index contributed by atoms with van der Waals surface area (Å²) >= 11 is 0. The van der Waals surface area contributed by atoms with Crippen LogP contribution in [0.5, 0.6) is 0 Å². The summed E-state index contributed by atoms with van der Waals surface area (Å²) in [5, 5.41) is 13.7. The molecule has 1 amide bonds. The van der Waals surface area contributed by atoms with Crippen molar-refractivity contribution < 1.29 is 18.1 Å². The topological polar surface area (TPSA) is 161 Å². The van der Waals surface area contributed by atoms with Gasteiger partial charge >= 0.3 is 0 Å². The fraction of sp³-hybridized carbons (Fsp3) is 0.227. The Kier molecular flexibility index (Phi) is 6.52. The van der Waals surface area contributed by atoms with Crippen molar-refractivity contribution in [3.8, 4) is 11.3 Å². The summed E-state index contributed by atoms with van der Waals surface area (Å²) in [7, 11) is -3.52. The first-order chi connectivity index (χ1) is 16.3. The monoisotopic (exact) mass is 482 g/mol. The molecular weight excluding hydrogens is 460 g/mol. The molecule has 11 nitrogen and oxygen atoms in total. The lowest BCUT2D eigenvalue weighted by atomic mass is 10.1. The third kappa shape index (κ3) is 4.72. The Morgan fingerprint density at radius 1 is 1.12 bits per heavy atom. The van der Waals surface area contributed by atoms with E-state index in [1.165, 1.54) is 28.7 Å². The van der Waals surface area contributed by atoms with Crippen LogP contribution in [0.1, 0.15) is 28.9 Å². The molecule has 2 heterocycles. The van der Waals surface area contributed by atoms with Gasteiger partial charge in [0.25, 0.3) is 11.6 Å². The zero-order valence-corrected chi connectivity index (χ0v) is 18.9. The summed E-state index contributed by atoms with van der Waals surface area (Å²) in [6.45, 7) is 0.965. The fourth-order valence-electron chi connectivity index (χ4n) is 3.69. The molecule has 1 fully saturated rings. The predicted molar refractivity (Wildman–Crippen MR) is 124 cm³/mol. The Hall–Kier alpha value is -3.90. The summed E-state index contributed by atoms with van der Waals surface area (Å²) < 4.78 is 26.8. The lowest BCUT2D eigenvalue weighted by molar-refractivity contribution is -0.385. The second kappa shape index (κ2) is 9.53. The molecule has 2 aromatic carbocycles. The van der Waals surface area contributed by atoms with Gasteiger partial charge in [-0.25, -0.2) is 18.4 Å². The van der Waals surface area contributed by atoms with E-state index in [2.05, 4.69) is 15.3 Å². The molecule has 0 atom stereocenters. The van der Waals surface area contributed by atoms with Crippen LogP contribution in [0, 0.1) is 10.1 Å². The number of carbonyl (C=O) groups excluding carboxylic acids is 1. The molecule has 4 rings (SSSR count). The first-order valence-corrected chi connectivity index (χ1v) is 11.9. The van der Waals surface area contributed by atoms with Crippen molar-refractivity contribution in [2.24, 2.45) is 0 Å². The maximum Gasteiger partial charge on any atom is 0.274 e. The quantitative estimate of drug-likeness (QED) is 0.383. The van der Waals surface area contributed by atoms with Gasteiger partial charge in [-0.05, 0) is 25.0 Å². The van der Waals surface area contributed by atoms with E-state index in [9.17, 15) is 23.3 Å². The maximum absolute atomic E-state index is 12.7. The highest BCUT2D eigenvalue weighted by atomic mass is 32.2. The normalized spacial score (nSPS) is 14.1. The van der Waals surface area contributed by atoms with Crippen molar-refractivity contribution >= 4 is 27.4 Å². The van der Waals surface area contributed by atoms with Crippen LogP contribution in [-0.4, -0.2) is 46.6 Å². The standard InChI is InChI=1S/C22H22N6O5S/c23-21-20(22(29)25-13-16-5-1-2-6-19(16)28(30)31)24-14-18(26-21)15-7-9-17(10-8-15)34(32,33)27-11-3-4-12-27/h1-2,5-10,14H,3-4,11-13H2,(H2,23,26)(H,25,29). The zero-order valence-electron chi connectivity index (χ0n) is 18.0. The Morgan fingerprint density at radius 2 is 1.79 bits per heavy atom. The molecule has 0 spiro atoms. The van der Waals surface area contributed by atoms with Crippen molar-refractivity contribution in [2.45, 2.75) is 24.3 Å². The Labute approximate surface area is 195 Å². The molecule has 1 aliphatic rings. The van der Waals surface area contributed by atoms with E-state index in [0.29, 0.717) is 29.9 Å². The second-order valence-corrected chi connectivity index (χ2v) is 9.63. The predicted octanol–water partition coefficient (Wildman–Crippen LogP) is 2.35. The number of nitrogens with one attached hydrogen (secondary N) is 1. The minimum Gasteiger partial charge on any atom is -0.382 e. The van der Waals surface area contributed by atoms with E-state index in [1.54, 1.807) is 30.3 Å². The maximum atomic E-state index is 12.7. The highest BCUT2D eigenvalue weighted by molar-refractivity contribution is 7.89. The molecule has 0 radical (unpaired) electrons. The minimum absolute atomic E-state index is 0.0776. The van der Waals surface area contributed by atoms with Crippen molar-refractivity contribution in [3.63, 3.8) is 0 Å². The van der Waals surface area contributed by atoms with Gasteiger partial charge in [-0.15, -0.1) is 0 Å². The molecule has 34 heavy (non-hydrogen) atoms. The first kappa shape index (κ1) is 23.3. The van der Waals surface area contributed by atoms with Crippen molar-refractivity contribution in [1.29, 1.82) is 0 Å². The number of hydrogen-bond acceptors (Lipinski definition) is 8. The van der Waals surface area contributed by atoms with Crippen molar-refractivity contribution in [1.82, 2.24) is 19.6 Å². The smallest absolute Gasteiger partial charge is 0.274 e. The van der Waals surface area contributed by atoms with Crippen molar-refractivity contribution in [2.75, 3.05) is 18.8 Å². The van der Waals surface area contributed by atoms with Crippen LogP contribution >= 0.6 is 0 Å². The van der Waals surface area contributed by atoms with Crippen LogP contribution < -0.4 is 11.1 Å². The van der Waals surface area contributed by atoms with E-state index < -0.39 is 20.9 Å². The van der Waals surface area contributed by atoms with Crippen LogP contribution in [0.15, 0.2) is 59.6 Å². The van der Waals surface area contributed by atoms with Gasteiger partial charge in [0.05, 0.1) is 21.7 Å². The number of benzene rings is 2. The molecule has 0 bridgehead atoms. The van der Waals surface area contributed by atoms with Gasteiger partial charge in [-0.3, -0.25) is 14.9 Å². The number of carbonyl (C=O) groups is 1. The Bertz CT molecular complexity index is 1340. The van der Waals surface area contributed by atoms with Crippen LogP contribution in [0.25, 0.3) is 11.3 Å². The van der Waals surface area contributed by atoms with Crippen molar-refractivity contribution in [3.05, 3.63) is 76.1 Å². The van der Waals surface area contributed by atoms with Gasteiger partial charge < -0.3 is 11.1 Å². The summed E-state index contributed by atoms with van der Waals surface area (Å²) in [6, 6.07) is 12.3. The van der Waals surface area contributed by atoms with E-state index >= 15 is 0 Å². The summed E-state index contributed by atoms with van der Waals surface area (Å²) in [4.78, 5) is 31.6. The van der Waals surface area contributed by atoms with E-state index in [4.69, 9.17) is 5.73 Å². The SMILES string of the molecule is Nc1nc(-c2ccc(S(=O)(=O)N3CCCC3)cc2)cnc1C(=O)NCc1ccccc1[N+](=O)[O-]. The molecule has 1 aromatic heterocycles. The highest BCUT2D eigenvalue weighted by Crippen LogP contribution is 2.25. The lowest BCUT2D eigenvalue weighted by Crippen LogP contribution is -2.27. The number of amides is 1. The average molecular weight is 483 g/mol. The molecule has 0 saturated carbocycles. The minimum atomic E-state index is -3.52. The summed E-state index contributed by atoms with van der Waals surface area (Å²) in [5.41, 5.74) is 7.03. The van der Waals surface area contributed by atoms with Crippen LogP contribution in [-0.2, 0) is 16.6 Å². The fourth-order valence-corrected chi connectivity index (χ4v) is 5.21. The van der Waals surface area contributed by atoms with Crippen LogP contribution in [0.4, 0.5) is 11.5 Å². The lowest BCUT2D eigenvalue weighted by Gasteiger charge is -2.15. The number of nitrogen functional groups attached to an aromatic ring is 1. The molecular formula is C22H22N6O5S. The summed E-state index contributed by atoms with van der Waals surface area (Å²) in [5.74, 6) is -0.743. The molecule has 3 aromatic rings. The molecule has 0 unspecified atom stereocenters. The number of nitrogens with two attached hydrogens (primary N) is 1. The van der Waals surface area contributed by atoms with Gasteiger partial charge in [0.1, 0.15) is 0 Å². The third-order valence-electron chi connectivity index (χ3n) is 5.50. The largest absolute Gasteiger partial charge is 0.382 e. The highest BCUT2D eigenvalue weighted by Gasteiger charge is 2.27. The number of para-hydroxylation sites is 1. The molecule has 1 aliphatic heterocycles. The zero-order chi connectivity index (χ0) is 24.3. The van der Waals surface area contributed by atoms with E-state index in [0.717, 1.165) is 12.8 Å². The number of nitro benzene ring substituents is 1. The number of sulfonamides is 1. The van der Waals surface area contributed by atoms with E-state index in [-0.39, 0.29) is 28.6 Å². The van der Waals surface area contributed by atoms with Gasteiger partial charge in [-0.1, -0.05) is 30.3 Å². The molecule has 1 saturated heterocycles. The number of hydrogen-bond donors (Lipinski definition) is 2. The van der Waals surface area contributed by atoms with E-state index in [1.807, 2.05) is 0 Å². The number of anilines is 1. The average Bonchev–Trinajstić information content (AvgIpc) is 3.39. The molecule has 176 valence electrons. The van der Waals surface area contributed by atoms with Crippen LogP contribution in [0.3, 0.4) is 0 Å². The number of rotatable bonds is 7. The Morgan fingerprint density at radius 3 is 2.44 bits per heavy atom. The summed E-state index contributed by atoms with van der Waals surface area (Å²) in [6.07, 6.45) is 3.07. The van der Waals surface area contributed by atoms with Gasteiger partial charge in [0.15, 0.2) is 11.5 Å². The molecule has 0 aliphatic carbocycles. The number of aromatic nitrogens is 2. The molecule has 12 heteroatoms.